The van der Waals surface area contributed by atoms with Crippen LogP contribution in [0.5, 0.6) is 5.75 Å². The van der Waals surface area contributed by atoms with Crippen LogP contribution in [-0.4, -0.2) is 49.8 Å². The molecule has 8 heteroatoms. The number of carbonyl (C=O) groups excluding carboxylic acids is 3. The predicted molar refractivity (Wildman–Crippen MR) is 115 cm³/mol. The van der Waals surface area contributed by atoms with Crippen molar-refractivity contribution in [2.24, 2.45) is 11.8 Å². The number of phenolic OH excluding ortho intramolecular Hbond substituents is 1. The Balaban J connectivity index is 2.06. The van der Waals surface area contributed by atoms with E-state index in [0.717, 1.165) is 0 Å². The number of hydrogen-bond donors (Lipinski definition) is 2. The fraction of sp³-hybridized carbons (Fsp3) is 0.458. The third-order valence-electron chi connectivity index (χ3n) is 5.85. The van der Waals surface area contributed by atoms with Gasteiger partial charge in [0.05, 0.1) is 19.3 Å². The minimum atomic E-state index is -0.950. The number of benzene rings is 1. The first-order chi connectivity index (χ1) is 15.3. The topological polar surface area (TPSA) is 111 Å². The van der Waals surface area contributed by atoms with Crippen LogP contribution < -0.4 is 5.32 Å². The molecule has 0 saturated heterocycles. The summed E-state index contributed by atoms with van der Waals surface area (Å²) in [6.07, 6.45) is 0.458. The Hall–Kier alpha value is -3.13. The summed E-state index contributed by atoms with van der Waals surface area (Å²) in [5.74, 6) is -3.41. The second kappa shape index (κ2) is 9.99. The van der Waals surface area contributed by atoms with E-state index < -0.39 is 23.8 Å². The molecule has 3 rings (SSSR count). The van der Waals surface area contributed by atoms with Crippen molar-refractivity contribution in [3.8, 4) is 5.75 Å². The van der Waals surface area contributed by atoms with E-state index in [4.69, 9.17) is 14.2 Å². The zero-order chi connectivity index (χ0) is 23.4. The number of nitrogens with one attached hydrogen (secondary N) is 1. The molecule has 0 saturated carbocycles. The second-order valence-corrected chi connectivity index (χ2v) is 7.96. The number of ether oxygens (including phenoxy) is 3. The molecule has 0 radical (unpaired) electrons. The summed E-state index contributed by atoms with van der Waals surface area (Å²) < 4.78 is 15.5. The summed E-state index contributed by atoms with van der Waals surface area (Å²) in [5, 5.41) is 12.9. The molecule has 0 spiro atoms. The highest BCUT2D eigenvalue weighted by molar-refractivity contribution is 6.12. The fourth-order valence-corrected chi connectivity index (χ4v) is 4.37. The number of dihydropyridines is 1. The number of methoxy groups -OCH3 is 1. The number of carbonyl (C=O) groups is 3. The van der Waals surface area contributed by atoms with E-state index in [2.05, 4.69) is 5.32 Å². The molecule has 1 heterocycles. The first-order valence-electron chi connectivity index (χ1n) is 10.7. The lowest BCUT2D eigenvalue weighted by Gasteiger charge is -2.38. The lowest BCUT2D eigenvalue weighted by Crippen LogP contribution is -2.43. The fourth-order valence-electron chi connectivity index (χ4n) is 4.37. The zero-order valence-electron chi connectivity index (χ0n) is 18.8. The van der Waals surface area contributed by atoms with E-state index in [0.29, 0.717) is 35.6 Å². The molecule has 0 fully saturated rings. The Morgan fingerprint density at radius 3 is 2.50 bits per heavy atom. The Labute approximate surface area is 187 Å². The molecule has 0 amide bonds. The molecule has 32 heavy (non-hydrogen) atoms. The van der Waals surface area contributed by atoms with Crippen molar-refractivity contribution < 1.29 is 33.7 Å². The van der Waals surface area contributed by atoms with Crippen molar-refractivity contribution in [3.63, 3.8) is 0 Å². The van der Waals surface area contributed by atoms with E-state index in [1.165, 1.54) is 19.2 Å². The van der Waals surface area contributed by atoms with E-state index in [-0.39, 0.29) is 36.2 Å². The number of allylic oxidation sites excluding steroid dienone is 3. The van der Waals surface area contributed by atoms with Gasteiger partial charge in [-0.1, -0.05) is 19.1 Å². The van der Waals surface area contributed by atoms with E-state index in [1.54, 1.807) is 19.1 Å². The summed E-state index contributed by atoms with van der Waals surface area (Å²) in [4.78, 5) is 39.0. The minimum Gasteiger partial charge on any atom is -0.508 e. The summed E-state index contributed by atoms with van der Waals surface area (Å²) in [7, 11) is 1.26. The van der Waals surface area contributed by atoms with Gasteiger partial charge in [-0.2, -0.15) is 0 Å². The lowest BCUT2D eigenvalue weighted by molar-refractivity contribution is -0.151. The Morgan fingerprint density at radius 2 is 1.88 bits per heavy atom. The highest BCUT2D eigenvalue weighted by Crippen LogP contribution is 2.45. The van der Waals surface area contributed by atoms with Gasteiger partial charge in [0.25, 0.3) is 0 Å². The predicted octanol–water partition coefficient (Wildman–Crippen LogP) is 2.58. The standard InChI is InChI=1S/C24H29NO7/c1-5-31-10-11-32-24(29)19-14(3)25-17-12-13(2)18(23(28)30-4)22(27)21(17)20(19)15-6-8-16(26)9-7-15/h6-9,13,18,20,25-26H,5,10-12H2,1-4H3/t13-,18+,20+/m0/s1. The number of esters is 2. The van der Waals surface area contributed by atoms with Crippen molar-refractivity contribution in [3.05, 3.63) is 52.4 Å². The van der Waals surface area contributed by atoms with Crippen LogP contribution in [0, 0.1) is 11.8 Å². The van der Waals surface area contributed by atoms with Gasteiger partial charge < -0.3 is 24.6 Å². The van der Waals surface area contributed by atoms with Gasteiger partial charge in [0.15, 0.2) is 5.78 Å². The van der Waals surface area contributed by atoms with Crippen LogP contribution in [0.2, 0.25) is 0 Å². The highest BCUT2D eigenvalue weighted by atomic mass is 16.6. The molecule has 0 aromatic heterocycles. The number of phenols is 1. The maximum atomic E-state index is 13.6. The monoisotopic (exact) mass is 443 g/mol. The molecule has 172 valence electrons. The van der Waals surface area contributed by atoms with Crippen LogP contribution >= 0.6 is 0 Å². The maximum Gasteiger partial charge on any atom is 0.336 e. The Bertz CT molecular complexity index is 961. The third-order valence-corrected chi connectivity index (χ3v) is 5.85. The van der Waals surface area contributed by atoms with Crippen LogP contribution in [0.1, 0.15) is 38.7 Å². The number of rotatable bonds is 7. The van der Waals surface area contributed by atoms with Gasteiger partial charge in [0.2, 0.25) is 0 Å². The number of Topliss-reactive ketones (excluding diaryl/α,β-unsaturated/α-hetero) is 1. The maximum absolute atomic E-state index is 13.6. The normalized spacial score (nSPS) is 22.9. The molecule has 1 aliphatic carbocycles. The second-order valence-electron chi connectivity index (χ2n) is 7.96. The van der Waals surface area contributed by atoms with Gasteiger partial charge in [-0.15, -0.1) is 0 Å². The van der Waals surface area contributed by atoms with Crippen molar-refractivity contribution in [2.75, 3.05) is 26.9 Å². The molecule has 0 unspecified atom stereocenters. The molecule has 3 atom stereocenters. The van der Waals surface area contributed by atoms with E-state index >= 15 is 0 Å². The van der Waals surface area contributed by atoms with Crippen molar-refractivity contribution in [2.45, 2.75) is 33.1 Å². The zero-order valence-corrected chi connectivity index (χ0v) is 18.8. The van der Waals surface area contributed by atoms with Gasteiger partial charge in [0, 0.05) is 29.5 Å². The summed E-state index contributed by atoms with van der Waals surface area (Å²) in [6.45, 7) is 6.29. The number of hydrogen-bond acceptors (Lipinski definition) is 8. The largest absolute Gasteiger partial charge is 0.508 e. The molecule has 2 aliphatic rings. The molecule has 1 aromatic carbocycles. The van der Waals surface area contributed by atoms with Crippen LogP contribution in [0.3, 0.4) is 0 Å². The average Bonchev–Trinajstić information content (AvgIpc) is 2.76. The van der Waals surface area contributed by atoms with Crippen LogP contribution in [0.15, 0.2) is 46.8 Å². The van der Waals surface area contributed by atoms with Gasteiger partial charge in [-0.3, -0.25) is 9.59 Å². The van der Waals surface area contributed by atoms with Crippen LogP contribution in [0.4, 0.5) is 0 Å². The SMILES string of the molecule is CCOCCOC(=O)C1=C(C)NC2=C(C(=O)[C@H](C(=O)OC)[C@@H](C)C2)[C@@H]1c1ccc(O)cc1. The molecular formula is C24H29NO7. The summed E-state index contributed by atoms with van der Waals surface area (Å²) >= 11 is 0. The number of aromatic hydroxyl groups is 1. The quantitative estimate of drug-likeness (QED) is 0.376. The molecule has 1 aromatic rings. The number of ketones is 1. The van der Waals surface area contributed by atoms with Gasteiger partial charge >= 0.3 is 11.9 Å². The van der Waals surface area contributed by atoms with Crippen molar-refractivity contribution in [1.82, 2.24) is 5.32 Å². The third kappa shape index (κ3) is 4.55. The molecule has 1 aliphatic heterocycles. The van der Waals surface area contributed by atoms with E-state index in [9.17, 15) is 19.5 Å². The van der Waals surface area contributed by atoms with Crippen molar-refractivity contribution >= 4 is 17.7 Å². The molecular weight excluding hydrogens is 414 g/mol. The molecule has 0 bridgehead atoms. The van der Waals surface area contributed by atoms with Gasteiger partial charge in [-0.25, -0.2) is 4.79 Å². The van der Waals surface area contributed by atoms with Crippen LogP contribution in [0.25, 0.3) is 0 Å². The minimum absolute atomic E-state index is 0.0643. The lowest BCUT2D eigenvalue weighted by atomic mass is 9.69. The average molecular weight is 443 g/mol. The smallest absolute Gasteiger partial charge is 0.336 e. The first kappa shape index (κ1) is 23.5. The van der Waals surface area contributed by atoms with Crippen molar-refractivity contribution in [1.29, 1.82) is 0 Å². The Kier molecular flexibility index (Phi) is 7.35. The summed E-state index contributed by atoms with van der Waals surface area (Å²) in [5.41, 5.74) is 2.55. The summed E-state index contributed by atoms with van der Waals surface area (Å²) in [6, 6.07) is 6.32. The van der Waals surface area contributed by atoms with Gasteiger partial charge in [0.1, 0.15) is 18.3 Å². The van der Waals surface area contributed by atoms with Crippen LogP contribution in [-0.2, 0) is 28.6 Å². The first-order valence-corrected chi connectivity index (χ1v) is 10.7. The highest BCUT2D eigenvalue weighted by Gasteiger charge is 2.47. The molecule has 2 N–H and O–H groups in total. The Morgan fingerprint density at radius 1 is 1.19 bits per heavy atom. The van der Waals surface area contributed by atoms with Gasteiger partial charge in [-0.05, 0) is 43.9 Å². The van der Waals surface area contributed by atoms with E-state index in [1.807, 2.05) is 13.8 Å². The molecule has 8 nitrogen and oxygen atoms in total.